The Hall–Kier alpha value is -3.29. The van der Waals surface area contributed by atoms with Crippen LogP contribution < -0.4 is 0 Å². The third kappa shape index (κ3) is 2.50. The maximum atomic E-state index is 2.43. The second-order valence-corrected chi connectivity index (χ2v) is 9.64. The minimum absolute atomic E-state index is 0.451. The summed E-state index contributed by atoms with van der Waals surface area (Å²) in [7, 11) is 0. The van der Waals surface area contributed by atoms with E-state index in [2.05, 4.69) is 109 Å². The van der Waals surface area contributed by atoms with Crippen LogP contribution in [0.5, 0.6) is 0 Å². The lowest BCUT2D eigenvalue weighted by Crippen LogP contribution is -2.13. The van der Waals surface area contributed by atoms with E-state index in [4.69, 9.17) is 0 Å². The van der Waals surface area contributed by atoms with Gasteiger partial charge in [-0.05, 0) is 61.2 Å². The highest BCUT2D eigenvalue weighted by Gasteiger charge is 2.35. The van der Waals surface area contributed by atoms with Gasteiger partial charge in [-0.3, -0.25) is 0 Å². The van der Waals surface area contributed by atoms with Crippen molar-refractivity contribution in [3.8, 4) is 0 Å². The molecule has 2 unspecified atom stereocenters. The molecule has 1 heterocycles. The average Bonchev–Trinajstić information content (AvgIpc) is 3.23. The summed E-state index contributed by atoms with van der Waals surface area (Å²) in [6.07, 6.45) is 6.95. The standard InChI is InChI=1S/C30H20S/c1-2-10-23-21(8-1)22-9-3-4-11-24(22)28-18-19(16-17-25(23)28)20-13-7-14-27-26-12-5-6-15-29(26)31-30(20)27/h1-18,27,30H. The lowest BCUT2D eigenvalue weighted by atomic mass is 9.84. The van der Waals surface area contributed by atoms with Gasteiger partial charge in [0.1, 0.15) is 0 Å². The second-order valence-electron chi connectivity index (χ2n) is 8.46. The van der Waals surface area contributed by atoms with Crippen molar-refractivity contribution in [3.05, 3.63) is 120 Å². The molecule has 1 aliphatic carbocycles. The van der Waals surface area contributed by atoms with E-state index in [1.165, 1.54) is 53.9 Å². The summed E-state index contributed by atoms with van der Waals surface area (Å²) < 4.78 is 0. The molecule has 0 aromatic heterocycles. The quantitative estimate of drug-likeness (QED) is 0.249. The van der Waals surface area contributed by atoms with Crippen LogP contribution in [0.25, 0.3) is 37.9 Å². The summed E-state index contributed by atoms with van der Waals surface area (Å²) in [6.45, 7) is 0. The third-order valence-electron chi connectivity index (χ3n) is 6.84. The number of benzene rings is 5. The van der Waals surface area contributed by atoms with Crippen molar-refractivity contribution in [2.75, 3.05) is 0 Å². The molecule has 0 fully saturated rings. The lowest BCUT2D eigenvalue weighted by Gasteiger charge is -2.24. The fourth-order valence-corrected chi connectivity index (χ4v) is 6.92. The van der Waals surface area contributed by atoms with E-state index in [0.29, 0.717) is 11.2 Å². The van der Waals surface area contributed by atoms with E-state index >= 15 is 0 Å². The zero-order valence-electron chi connectivity index (χ0n) is 17.0. The van der Waals surface area contributed by atoms with Crippen LogP contribution in [0.3, 0.4) is 0 Å². The highest BCUT2D eigenvalue weighted by atomic mass is 32.2. The first-order chi connectivity index (χ1) is 15.4. The van der Waals surface area contributed by atoms with Gasteiger partial charge in [0.05, 0.1) is 0 Å². The molecule has 0 bridgehead atoms. The Morgan fingerprint density at radius 2 is 1.19 bits per heavy atom. The normalized spacial score (nSPS) is 19.5. The smallest absolute Gasteiger partial charge is 0.0454 e. The van der Waals surface area contributed by atoms with Gasteiger partial charge in [-0.1, -0.05) is 97.1 Å². The van der Waals surface area contributed by atoms with Gasteiger partial charge in [0.25, 0.3) is 0 Å². The second kappa shape index (κ2) is 6.60. The van der Waals surface area contributed by atoms with Crippen LogP contribution in [-0.2, 0) is 0 Å². The summed E-state index contributed by atoms with van der Waals surface area (Å²) in [5, 5.41) is 8.47. The summed E-state index contributed by atoms with van der Waals surface area (Å²) in [4.78, 5) is 1.42. The average molecular weight is 413 g/mol. The maximum Gasteiger partial charge on any atom is 0.0454 e. The third-order valence-corrected chi connectivity index (χ3v) is 8.26. The van der Waals surface area contributed by atoms with Crippen LogP contribution in [0, 0.1) is 0 Å². The topological polar surface area (TPSA) is 0 Å². The van der Waals surface area contributed by atoms with Crippen molar-refractivity contribution in [1.82, 2.24) is 0 Å². The van der Waals surface area contributed by atoms with E-state index in [1.54, 1.807) is 0 Å². The Morgan fingerprint density at radius 1 is 0.581 bits per heavy atom. The molecule has 1 aliphatic heterocycles. The number of hydrogen-bond donors (Lipinski definition) is 0. The molecule has 0 spiro atoms. The first-order valence-corrected chi connectivity index (χ1v) is 11.7. The van der Waals surface area contributed by atoms with Crippen molar-refractivity contribution in [1.29, 1.82) is 0 Å². The summed E-state index contributed by atoms with van der Waals surface area (Å²) in [6, 6.07) is 33.6. The van der Waals surface area contributed by atoms with Gasteiger partial charge < -0.3 is 0 Å². The molecule has 0 amide bonds. The van der Waals surface area contributed by atoms with Crippen LogP contribution in [0.1, 0.15) is 17.0 Å². The zero-order valence-corrected chi connectivity index (χ0v) is 17.8. The predicted octanol–water partition coefficient (Wildman–Crippen LogP) is 8.36. The van der Waals surface area contributed by atoms with Gasteiger partial charge in [0.15, 0.2) is 0 Å². The highest BCUT2D eigenvalue weighted by molar-refractivity contribution is 8.00. The molecule has 0 radical (unpaired) electrons. The van der Waals surface area contributed by atoms with Gasteiger partial charge in [-0.15, -0.1) is 11.8 Å². The Bertz CT molecular complexity index is 1540. The molecule has 2 aliphatic rings. The van der Waals surface area contributed by atoms with Gasteiger partial charge in [-0.2, -0.15) is 0 Å². The first kappa shape index (κ1) is 17.4. The van der Waals surface area contributed by atoms with Crippen LogP contribution in [-0.4, -0.2) is 5.25 Å². The Morgan fingerprint density at radius 3 is 1.94 bits per heavy atom. The molecular formula is C30H20S. The molecule has 0 saturated carbocycles. The first-order valence-electron chi connectivity index (χ1n) is 10.9. The van der Waals surface area contributed by atoms with Crippen LogP contribution in [0.15, 0.2) is 114 Å². The lowest BCUT2D eigenvalue weighted by molar-refractivity contribution is 0.893. The van der Waals surface area contributed by atoms with Gasteiger partial charge >= 0.3 is 0 Å². The Balaban J connectivity index is 1.46. The van der Waals surface area contributed by atoms with E-state index in [1.807, 2.05) is 11.8 Å². The molecule has 5 aromatic rings. The summed E-state index contributed by atoms with van der Waals surface area (Å²) in [5.74, 6) is 0.463. The van der Waals surface area contributed by atoms with Gasteiger partial charge in [0, 0.05) is 16.1 Å². The minimum atomic E-state index is 0.451. The number of allylic oxidation sites excluding steroid dienone is 3. The summed E-state index contributed by atoms with van der Waals surface area (Å²) >= 11 is 2.02. The number of fused-ring (bicyclic) bond motifs is 9. The SMILES string of the molecule is C1=CC2c3ccccc3SC2C(c2ccc3c4ccccc4c4ccccc4c3c2)=C1. The van der Waals surface area contributed by atoms with Gasteiger partial charge in [-0.25, -0.2) is 0 Å². The van der Waals surface area contributed by atoms with Crippen molar-refractivity contribution < 1.29 is 0 Å². The summed E-state index contributed by atoms with van der Waals surface area (Å²) in [5.41, 5.74) is 4.25. The largest absolute Gasteiger partial charge is 0.117 e. The Labute approximate surface area is 185 Å². The van der Waals surface area contributed by atoms with E-state index in [0.717, 1.165) is 0 Å². The minimum Gasteiger partial charge on any atom is -0.117 e. The molecule has 31 heavy (non-hydrogen) atoms. The molecule has 146 valence electrons. The van der Waals surface area contributed by atoms with E-state index < -0.39 is 0 Å². The molecule has 7 rings (SSSR count). The van der Waals surface area contributed by atoms with Gasteiger partial charge in [0.2, 0.25) is 0 Å². The molecular weight excluding hydrogens is 392 g/mol. The van der Waals surface area contributed by atoms with E-state index in [9.17, 15) is 0 Å². The van der Waals surface area contributed by atoms with Crippen LogP contribution >= 0.6 is 11.8 Å². The van der Waals surface area contributed by atoms with Crippen molar-refractivity contribution in [2.24, 2.45) is 0 Å². The zero-order chi connectivity index (χ0) is 20.4. The predicted molar refractivity (Wildman–Crippen MR) is 135 cm³/mol. The molecule has 2 atom stereocenters. The Kier molecular flexibility index (Phi) is 3.71. The number of hydrogen-bond acceptors (Lipinski definition) is 1. The number of rotatable bonds is 1. The molecule has 1 heteroatoms. The van der Waals surface area contributed by atoms with Crippen molar-refractivity contribution >= 4 is 49.7 Å². The van der Waals surface area contributed by atoms with Crippen molar-refractivity contribution in [2.45, 2.75) is 16.1 Å². The molecule has 0 nitrogen and oxygen atoms in total. The molecule has 0 N–H and O–H groups in total. The fourth-order valence-electron chi connectivity index (χ4n) is 5.42. The molecule has 5 aromatic carbocycles. The fraction of sp³-hybridized carbons (Fsp3) is 0.0667. The highest BCUT2D eigenvalue weighted by Crippen LogP contribution is 2.52. The van der Waals surface area contributed by atoms with Crippen LogP contribution in [0.4, 0.5) is 0 Å². The monoisotopic (exact) mass is 412 g/mol. The molecule has 0 saturated heterocycles. The van der Waals surface area contributed by atoms with Crippen LogP contribution in [0.2, 0.25) is 0 Å². The van der Waals surface area contributed by atoms with E-state index in [-0.39, 0.29) is 0 Å². The van der Waals surface area contributed by atoms with Crippen molar-refractivity contribution in [3.63, 3.8) is 0 Å². The number of thioether (sulfide) groups is 1. The maximum absolute atomic E-state index is 2.43.